The Morgan fingerprint density at radius 2 is 1.52 bits per heavy atom. The average molecular weight is 291 g/mol. The number of nitriles is 1. The van der Waals surface area contributed by atoms with E-state index in [9.17, 15) is 5.26 Å². The molecule has 0 saturated heterocycles. The Morgan fingerprint density at radius 3 is 2.00 bits per heavy atom. The van der Waals surface area contributed by atoms with E-state index in [0.29, 0.717) is 6.54 Å². The lowest BCUT2D eigenvalue weighted by molar-refractivity contribution is 0.329. The average Bonchev–Trinajstić information content (AvgIpc) is 2.49. The van der Waals surface area contributed by atoms with Gasteiger partial charge in [0.05, 0.1) is 6.07 Å². The lowest BCUT2D eigenvalue weighted by Crippen LogP contribution is -2.44. The quantitative estimate of drug-likeness (QED) is 0.340. The Hall–Kier alpha value is -1.24. The molecule has 1 fully saturated rings. The second-order valence-corrected chi connectivity index (χ2v) is 6.11. The van der Waals surface area contributed by atoms with Gasteiger partial charge >= 0.3 is 0 Å². The van der Waals surface area contributed by atoms with Crippen molar-refractivity contribution in [3.05, 3.63) is 10.4 Å². The van der Waals surface area contributed by atoms with Crippen LogP contribution in [0.2, 0.25) is 0 Å². The maximum absolute atomic E-state index is 9.65. The molecule has 1 saturated carbocycles. The highest BCUT2D eigenvalue weighted by atomic mass is 15.1. The SMILES string of the molecule is N#CC1(NCCCN=[N+]=[N-])CCCCCCCCCCC1. The number of azide groups is 1. The summed E-state index contributed by atoms with van der Waals surface area (Å²) in [6.07, 6.45) is 14.1. The molecular formula is C16H29N5. The van der Waals surface area contributed by atoms with Gasteiger partial charge in [0.2, 0.25) is 0 Å². The second kappa shape index (κ2) is 11.4. The van der Waals surface area contributed by atoms with E-state index in [1.165, 1.54) is 44.9 Å². The predicted octanol–water partition coefficient (Wildman–Crippen LogP) is 4.84. The van der Waals surface area contributed by atoms with Crippen molar-refractivity contribution in [1.82, 2.24) is 5.32 Å². The van der Waals surface area contributed by atoms with E-state index < -0.39 is 0 Å². The van der Waals surface area contributed by atoms with Gasteiger partial charge in [0.1, 0.15) is 5.54 Å². The van der Waals surface area contributed by atoms with Gasteiger partial charge in [-0.1, -0.05) is 62.9 Å². The van der Waals surface area contributed by atoms with Crippen LogP contribution < -0.4 is 5.32 Å². The Balaban J connectivity index is 2.46. The summed E-state index contributed by atoms with van der Waals surface area (Å²) >= 11 is 0. The van der Waals surface area contributed by atoms with E-state index in [0.717, 1.165) is 38.6 Å². The molecule has 0 bridgehead atoms. The largest absolute Gasteiger partial charge is 0.299 e. The predicted molar refractivity (Wildman–Crippen MR) is 85.8 cm³/mol. The normalized spacial score (nSPS) is 20.3. The summed E-state index contributed by atoms with van der Waals surface area (Å²) in [5.41, 5.74) is 7.91. The highest BCUT2D eigenvalue weighted by Crippen LogP contribution is 2.24. The van der Waals surface area contributed by atoms with Crippen molar-refractivity contribution in [1.29, 1.82) is 5.26 Å². The molecule has 0 aromatic carbocycles. The number of nitrogens with one attached hydrogen (secondary N) is 1. The van der Waals surface area contributed by atoms with Gasteiger partial charge in [-0.05, 0) is 31.3 Å². The summed E-state index contributed by atoms with van der Waals surface area (Å²) in [5.74, 6) is 0. The zero-order chi connectivity index (χ0) is 15.2. The Morgan fingerprint density at radius 1 is 1.00 bits per heavy atom. The fourth-order valence-electron chi connectivity index (χ4n) is 3.07. The minimum absolute atomic E-state index is 0.366. The molecule has 1 N–H and O–H groups in total. The molecule has 0 aromatic rings. The van der Waals surface area contributed by atoms with E-state index in [4.69, 9.17) is 5.53 Å². The summed E-state index contributed by atoms with van der Waals surface area (Å²) in [6.45, 7) is 1.26. The monoisotopic (exact) mass is 291 g/mol. The van der Waals surface area contributed by atoms with Crippen molar-refractivity contribution in [3.8, 4) is 6.07 Å². The van der Waals surface area contributed by atoms with E-state index in [1.54, 1.807) is 0 Å². The van der Waals surface area contributed by atoms with Crippen LogP contribution in [0, 0.1) is 11.3 Å². The molecule has 5 heteroatoms. The molecule has 0 aliphatic heterocycles. The lowest BCUT2D eigenvalue weighted by atomic mass is 9.86. The molecular weight excluding hydrogens is 262 g/mol. The fraction of sp³-hybridized carbons (Fsp3) is 0.938. The molecule has 0 heterocycles. The van der Waals surface area contributed by atoms with Gasteiger partial charge in [0.15, 0.2) is 0 Å². The first-order chi connectivity index (χ1) is 10.3. The van der Waals surface area contributed by atoms with E-state index in [-0.39, 0.29) is 5.54 Å². The van der Waals surface area contributed by atoms with Crippen molar-refractivity contribution in [2.75, 3.05) is 13.1 Å². The maximum atomic E-state index is 9.65. The molecule has 0 amide bonds. The molecule has 0 spiro atoms. The molecule has 1 aliphatic rings. The fourth-order valence-corrected chi connectivity index (χ4v) is 3.07. The van der Waals surface area contributed by atoms with Crippen molar-refractivity contribution < 1.29 is 0 Å². The lowest BCUT2D eigenvalue weighted by Gasteiger charge is -2.28. The maximum Gasteiger partial charge on any atom is 0.106 e. The van der Waals surface area contributed by atoms with Gasteiger partial charge < -0.3 is 0 Å². The van der Waals surface area contributed by atoms with E-state index >= 15 is 0 Å². The van der Waals surface area contributed by atoms with Crippen LogP contribution in [0.15, 0.2) is 5.11 Å². The van der Waals surface area contributed by atoms with Crippen molar-refractivity contribution in [3.63, 3.8) is 0 Å². The minimum atomic E-state index is -0.366. The van der Waals surface area contributed by atoms with Crippen LogP contribution in [0.4, 0.5) is 0 Å². The Kier molecular flexibility index (Phi) is 9.69. The summed E-state index contributed by atoms with van der Waals surface area (Å²) in [7, 11) is 0. The van der Waals surface area contributed by atoms with E-state index in [1.807, 2.05) is 0 Å². The Labute approximate surface area is 128 Å². The van der Waals surface area contributed by atoms with Crippen molar-refractivity contribution in [2.24, 2.45) is 5.11 Å². The summed E-state index contributed by atoms with van der Waals surface area (Å²) in [6, 6.07) is 2.55. The highest BCUT2D eigenvalue weighted by molar-refractivity contribution is 5.06. The Bertz CT molecular complexity index is 342. The van der Waals surface area contributed by atoms with Crippen LogP contribution in [-0.2, 0) is 0 Å². The molecule has 0 aromatic heterocycles. The third-order valence-corrected chi connectivity index (χ3v) is 4.38. The molecule has 0 radical (unpaired) electrons. The van der Waals surface area contributed by atoms with E-state index in [2.05, 4.69) is 21.4 Å². The number of rotatable bonds is 5. The third-order valence-electron chi connectivity index (χ3n) is 4.38. The van der Waals surface area contributed by atoms with Crippen LogP contribution >= 0.6 is 0 Å². The van der Waals surface area contributed by atoms with Crippen LogP contribution in [-0.4, -0.2) is 18.6 Å². The molecule has 21 heavy (non-hydrogen) atoms. The summed E-state index contributed by atoms with van der Waals surface area (Å²) in [4.78, 5) is 2.76. The number of nitrogens with zero attached hydrogens (tertiary/aromatic N) is 4. The first kappa shape index (κ1) is 17.8. The van der Waals surface area contributed by atoms with Gasteiger partial charge in [0, 0.05) is 11.5 Å². The van der Waals surface area contributed by atoms with Crippen LogP contribution in [0.3, 0.4) is 0 Å². The summed E-state index contributed by atoms with van der Waals surface area (Å²) < 4.78 is 0. The zero-order valence-electron chi connectivity index (χ0n) is 13.2. The molecule has 1 aliphatic carbocycles. The first-order valence-corrected chi connectivity index (χ1v) is 8.50. The van der Waals surface area contributed by atoms with Gasteiger partial charge in [-0.2, -0.15) is 5.26 Å². The molecule has 118 valence electrons. The third kappa shape index (κ3) is 7.94. The van der Waals surface area contributed by atoms with Crippen LogP contribution in [0.25, 0.3) is 10.4 Å². The summed E-state index contributed by atoms with van der Waals surface area (Å²) in [5, 5.41) is 16.7. The second-order valence-electron chi connectivity index (χ2n) is 6.11. The highest BCUT2D eigenvalue weighted by Gasteiger charge is 2.28. The van der Waals surface area contributed by atoms with Crippen molar-refractivity contribution >= 4 is 0 Å². The smallest absolute Gasteiger partial charge is 0.106 e. The standard InChI is InChI=1S/C16H29N5/c17-15-16(19-13-10-14-20-21-18)11-8-6-4-2-1-3-5-7-9-12-16/h19H,1-14H2. The van der Waals surface area contributed by atoms with Gasteiger partial charge in [-0.15, -0.1) is 0 Å². The number of hydrogen-bond acceptors (Lipinski definition) is 3. The zero-order valence-corrected chi connectivity index (χ0v) is 13.2. The van der Waals surface area contributed by atoms with Crippen molar-refractivity contribution in [2.45, 2.75) is 82.6 Å². The van der Waals surface area contributed by atoms with Crippen LogP contribution in [0.5, 0.6) is 0 Å². The van der Waals surface area contributed by atoms with Gasteiger partial charge in [-0.25, -0.2) is 0 Å². The topological polar surface area (TPSA) is 84.6 Å². The number of hydrogen-bond donors (Lipinski definition) is 1. The molecule has 5 nitrogen and oxygen atoms in total. The molecule has 0 unspecified atom stereocenters. The molecule has 1 rings (SSSR count). The minimum Gasteiger partial charge on any atom is -0.299 e. The molecule has 0 atom stereocenters. The van der Waals surface area contributed by atoms with Gasteiger partial charge in [0.25, 0.3) is 0 Å². The van der Waals surface area contributed by atoms with Gasteiger partial charge in [-0.3, -0.25) is 5.32 Å². The first-order valence-electron chi connectivity index (χ1n) is 8.50. The van der Waals surface area contributed by atoms with Crippen LogP contribution in [0.1, 0.15) is 77.0 Å².